The van der Waals surface area contributed by atoms with Crippen LogP contribution in [0.2, 0.25) is 0 Å². The molecule has 4 nitrogen and oxygen atoms in total. The maximum Gasteiger partial charge on any atom is 0.203 e. The van der Waals surface area contributed by atoms with Gasteiger partial charge in [0.25, 0.3) is 0 Å². The molecule has 0 aromatic heterocycles. The van der Waals surface area contributed by atoms with Crippen molar-refractivity contribution in [2.24, 2.45) is 11.7 Å². The van der Waals surface area contributed by atoms with Gasteiger partial charge in [0.2, 0.25) is 5.75 Å². The highest BCUT2D eigenvalue weighted by atomic mass is 35.5. The van der Waals surface area contributed by atoms with Crippen LogP contribution in [0.25, 0.3) is 0 Å². The number of hydrogen-bond donors (Lipinski definition) is 1. The number of rotatable bonds is 6. The summed E-state index contributed by atoms with van der Waals surface area (Å²) in [6, 6.07) is 3.84. The zero-order valence-electron chi connectivity index (χ0n) is 11.6. The van der Waals surface area contributed by atoms with E-state index in [-0.39, 0.29) is 18.4 Å². The molecule has 1 aromatic carbocycles. The van der Waals surface area contributed by atoms with Gasteiger partial charge < -0.3 is 19.9 Å². The number of methoxy groups -OCH3 is 3. The van der Waals surface area contributed by atoms with Crippen LogP contribution in [0.5, 0.6) is 17.2 Å². The first-order valence-corrected chi connectivity index (χ1v) is 6.25. The molecule has 1 atom stereocenters. The average Bonchev–Trinajstić information content (AvgIpc) is 3.20. The Morgan fingerprint density at radius 1 is 1.11 bits per heavy atom. The summed E-state index contributed by atoms with van der Waals surface area (Å²) in [5.74, 6) is 2.74. The van der Waals surface area contributed by atoms with Gasteiger partial charge in [-0.2, -0.15) is 0 Å². The summed E-state index contributed by atoms with van der Waals surface area (Å²) in [5.41, 5.74) is 7.24. The van der Waals surface area contributed by atoms with Gasteiger partial charge in [-0.25, -0.2) is 0 Å². The van der Waals surface area contributed by atoms with Crippen LogP contribution >= 0.6 is 12.4 Å². The third-order valence-corrected chi connectivity index (χ3v) is 3.42. The van der Waals surface area contributed by atoms with E-state index in [1.165, 1.54) is 12.8 Å². The predicted octanol–water partition coefficient (Wildman–Crippen LogP) is 2.93. The minimum absolute atomic E-state index is 0. The zero-order valence-corrected chi connectivity index (χ0v) is 12.5. The summed E-state index contributed by atoms with van der Waals surface area (Å²) in [7, 11) is 4.85. The number of benzene rings is 1. The van der Waals surface area contributed by atoms with Crippen molar-refractivity contribution in [3.63, 3.8) is 0 Å². The molecular formula is C14H22ClNO3. The molecule has 0 saturated heterocycles. The highest BCUT2D eigenvalue weighted by Gasteiger charge is 2.27. The Kier molecular flexibility index (Phi) is 5.76. The van der Waals surface area contributed by atoms with Gasteiger partial charge in [-0.1, -0.05) is 12.8 Å². The first-order valence-electron chi connectivity index (χ1n) is 6.25. The van der Waals surface area contributed by atoms with E-state index in [0.29, 0.717) is 17.2 Å². The number of halogens is 1. The van der Waals surface area contributed by atoms with Crippen LogP contribution in [-0.4, -0.2) is 21.3 Å². The van der Waals surface area contributed by atoms with Gasteiger partial charge >= 0.3 is 0 Å². The minimum atomic E-state index is -0.00717. The molecule has 1 aromatic rings. The molecule has 2 N–H and O–H groups in total. The topological polar surface area (TPSA) is 53.7 Å². The first-order chi connectivity index (χ1) is 8.71. The molecule has 0 aliphatic heterocycles. The molecule has 1 saturated carbocycles. The fraction of sp³-hybridized carbons (Fsp3) is 0.571. The van der Waals surface area contributed by atoms with Crippen molar-refractivity contribution in [3.05, 3.63) is 17.7 Å². The van der Waals surface area contributed by atoms with Gasteiger partial charge in [0, 0.05) is 11.6 Å². The monoisotopic (exact) mass is 287 g/mol. The second kappa shape index (κ2) is 6.87. The van der Waals surface area contributed by atoms with Crippen LogP contribution in [0.1, 0.15) is 30.9 Å². The summed E-state index contributed by atoms with van der Waals surface area (Å²) >= 11 is 0. The lowest BCUT2D eigenvalue weighted by Crippen LogP contribution is -2.13. The molecule has 0 heterocycles. The maximum absolute atomic E-state index is 6.25. The summed E-state index contributed by atoms with van der Waals surface area (Å²) in [4.78, 5) is 0. The van der Waals surface area contributed by atoms with Crippen LogP contribution in [0.4, 0.5) is 0 Å². The van der Waals surface area contributed by atoms with E-state index < -0.39 is 0 Å². The van der Waals surface area contributed by atoms with E-state index in [9.17, 15) is 0 Å². The number of nitrogens with two attached hydrogens (primary N) is 1. The van der Waals surface area contributed by atoms with E-state index in [0.717, 1.165) is 17.9 Å². The number of ether oxygens (including phenoxy) is 3. The van der Waals surface area contributed by atoms with Crippen LogP contribution in [-0.2, 0) is 0 Å². The van der Waals surface area contributed by atoms with Gasteiger partial charge in [-0.3, -0.25) is 0 Å². The SMILES string of the molecule is COc1ccc([C@@H](N)CC2CC2)c(OC)c1OC.Cl. The van der Waals surface area contributed by atoms with Gasteiger partial charge in [-0.15, -0.1) is 12.4 Å². The molecular weight excluding hydrogens is 266 g/mol. The fourth-order valence-electron chi connectivity index (χ4n) is 2.26. The first kappa shape index (κ1) is 15.9. The molecule has 1 aliphatic carbocycles. The Morgan fingerprint density at radius 3 is 2.21 bits per heavy atom. The van der Waals surface area contributed by atoms with Crippen molar-refractivity contribution in [2.75, 3.05) is 21.3 Å². The normalized spacial score (nSPS) is 15.4. The summed E-state index contributed by atoms with van der Waals surface area (Å²) in [5, 5.41) is 0. The molecule has 1 fully saturated rings. The third kappa shape index (κ3) is 3.45. The highest BCUT2D eigenvalue weighted by Crippen LogP contribution is 2.44. The second-order valence-corrected chi connectivity index (χ2v) is 4.71. The largest absolute Gasteiger partial charge is 0.493 e. The molecule has 19 heavy (non-hydrogen) atoms. The summed E-state index contributed by atoms with van der Waals surface area (Å²) in [6.07, 6.45) is 3.60. The molecule has 0 spiro atoms. The van der Waals surface area contributed by atoms with E-state index in [1.807, 2.05) is 12.1 Å². The fourth-order valence-corrected chi connectivity index (χ4v) is 2.26. The highest BCUT2D eigenvalue weighted by molar-refractivity contribution is 5.85. The van der Waals surface area contributed by atoms with Crippen molar-refractivity contribution in [1.82, 2.24) is 0 Å². The minimum Gasteiger partial charge on any atom is -0.493 e. The van der Waals surface area contributed by atoms with Gasteiger partial charge in [0.1, 0.15) is 0 Å². The molecule has 108 valence electrons. The Bertz CT molecular complexity index is 421. The van der Waals surface area contributed by atoms with Crippen molar-refractivity contribution in [1.29, 1.82) is 0 Å². The van der Waals surface area contributed by atoms with Crippen molar-refractivity contribution < 1.29 is 14.2 Å². The molecule has 5 heteroatoms. The lowest BCUT2D eigenvalue weighted by atomic mass is 10.0. The van der Waals surface area contributed by atoms with Gasteiger partial charge in [0.05, 0.1) is 21.3 Å². The lowest BCUT2D eigenvalue weighted by Gasteiger charge is -2.19. The molecule has 0 radical (unpaired) electrons. The number of hydrogen-bond acceptors (Lipinski definition) is 4. The Hall–Kier alpha value is -1.13. The lowest BCUT2D eigenvalue weighted by molar-refractivity contribution is 0.320. The van der Waals surface area contributed by atoms with Crippen molar-refractivity contribution in [3.8, 4) is 17.2 Å². The van der Waals surface area contributed by atoms with Crippen LogP contribution in [0.15, 0.2) is 12.1 Å². The Morgan fingerprint density at radius 2 is 1.74 bits per heavy atom. The third-order valence-electron chi connectivity index (χ3n) is 3.42. The van der Waals surface area contributed by atoms with Crippen molar-refractivity contribution >= 4 is 12.4 Å². The second-order valence-electron chi connectivity index (χ2n) is 4.71. The van der Waals surface area contributed by atoms with E-state index in [2.05, 4.69) is 0 Å². The van der Waals surface area contributed by atoms with Crippen LogP contribution in [0.3, 0.4) is 0 Å². The van der Waals surface area contributed by atoms with Gasteiger partial charge in [-0.05, 0) is 24.5 Å². The Balaban J connectivity index is 0.00000180. The van der Waals surface area contributed by atoms with E-state index in [4.69, 9.17) is 19.9 Å². The van der Waals surface area contributed by atoms with Crippen molar-refractivity contribution in [2.45, 2.75) is 25.3 Å². The predicted molar refractivity (Wildman–Crippen MR) is 77.6 cm³/mol. The van der Waals surface area contributed by atoms with E-state index >= 15 is 0 Å². The molecule has 0 bridgehead atoms. The maximum atomic E-state index is 6.25. The molecule has 0 amide bonds. The molecule has 0 unspecified atom stereocenters. The smallest absolute Gasteiger partial charge is 0.203 e. The molecule has 2 rings (SSSR count). The molecule has 1 aliphatic rings. The zero-order chi connectivity index (χ0) is 13.1. The van der Waals surface area contributed by atoms with E-state index in [1.54, 1.807) is 21.3 Å². The average molecular weight is 288 g/mol. The quantitative estimate of drug-likeness (QED) is 0.874. The van der Waals surface area contributed by atoms with Gasteiger partial charge in [0.15, 0.2) is 11.5 Å². The summed E-state index contributed by atoms with van der Waals surface area (Å²) < 4.78 is 16.1. The Labute approximate surface area is 120 Å². The summed E-state index contributed by atoms with van der Waals surface area (Å²) in [6.45, 7) is 0. The van der Waals surface area contributed by atoms with Crippen LogP contribution < -0.4 is 19.9 Å². The van der Waals surface area contributed by atoms with Crippen LogP contribution in [0, 0.1) is 5.92 Å². The standard InChI is InChI=1S/C14H21NO3.ClH/c1-16-12-7-6-10(11(15)8-9-4-5-9)13(17-2)14(12)18-3;/h6-7,9,11H,4-5,8,15H2,1-3H3;1H/t11-;/m0./s1.